The molecule has 0 spiro atoms. The molecule has 2 amide bonds. The topological polar surface area (TPSA) is 79.0 Å². The molecule has 7 heteroatoms. The summed E-state index contributed by atoms with van der Waals surface area (Å²) in [5.41, 5.74) is 6.43. The zero-order chi connectivity index (χ0) is 25.8. The van der Waals surface area contributed by atoms with Gasteiger partial charge in [0, 0.05) is 44.2 Å². The molecular formula is C30H31N3O4. The van der Waals surface area contributed by atoms with E-state index < -0.39 is 6.04 Å². The van der Waals surface area contributed by atoms with E-state index in [0.717, 1.165) is 37.0 Å². The number of hydrogen-bond acceptors (Lipinski definition) is 5. The molecule has 0 saturated carbocycles. The number of carbonyl (C=O) groups excluding carboxylic acids is 3. The largest absolute Gasteiger partial charge is 0.489 e. The van der Waals surface area contributed by atoms with Gasteiger partial charge in [0.15, 0.2) is 0 Å². The summed E-state index contributed by atoms with van der Waals surface area (Å²) in [5.74, 6) is 0.148. The van der Waals surface area contributed by atoms with Crippen LogP contribution in [0.15, 0.2) is 66.7 Å². The fourth-order valence-electron chi connectivity index (χ4n) is 5.21. The number of aldehydes is 1. The van der Waals surface area contributed by atoms with Crippen LogP contribution in [0.4, 0.5) is 0 Å². The average molecular weight is 498 g/mol. The van der Waals surface area contributed by atoms with E-state index in [1.54, 1.807) is 12.1 Å². The maximum absolute atomic E-state index is 13.1. The number of amides is 2. The molecule has 0 fully saturated rings. The predicted octanol–water partition coefficient (Wildman–Crippen LogP) is 3.83. The molecule has 7 nitrogen and oxygen atoms in total. The first kappa shape index (κ1) is 24.7. The van der Waals surface area contributed by atoms with Crippen molar-refractivity contribution in [1.82, 2.24) is 15.1 Å². The van der Waals surface area contributed by atoms with E-state index in [1.807, 2.05) is 6.07 Å². The lowest BCUT2D eigenvalue weighted by Gasteiger charge is -2.25. The number of fused-ring (bicyclic) bond motifs is 2. The number of rotatable bonds is 10. The molecule has 1 N–H and O–H groups in total. The third-order valence-corrected chi connectivity index (χ3v) is 7.17. The summed E-state index contributed by atoms with van der Waals surface area (Å²) in [5, 5.41) is 2.61. The van der Waals surface area contributed by atoms with Crippen molar-refractivity contribution < 1.29 is 19.1 Å². The van der Waals surface area contributed by atoms with Crippen LogP contribution in [0.25, 0.3) is 0 Å². The molecule has 2 aliphatic rings. The number of hydrogen-bond donors (Lipinski definition) is 1. The Morgan fingerprint density at radius 3 is 2.35 bits per heavy atom. The van der Waals surface area contributed by atoms with Crippen LogP contribution in [0.1, 0.15) is 51.0 Å². The first-order chi connectivity index (χ1) is 18.1. The molecule has 3 aromatic rings. The lowest BCUT2D eigenvalue weighted by molar-refractivity contribution is -0.125. The lowest BCUT2D eigenvalue weighted by atomic mass is 10.1. The number of nitrogens with one attached hydrogen (secondary N) is 1. The Morgan fingerprint density at radius 1 is 0.973 bits per heavy atom. The van der Waals surface area contributed by atoms with Crippen molar-refractivity contribution in [2.45, 2.75) is 51.7 Å². The van der Waals surface area contributed by atoms with Crippen molar-refractivity contribution in [2.24, 2.45) is 0 Å². The Hall–Kier alpha value is -3.97. The van der Waals surface area contributed by atoms with Gasteiger partial charge in [-0.25, -0.2) is 0 Å². The molecular weight excluding hydrogens is 466 g/mol. The monoisotopic (exact) mass is 497 g/mol. The van der Waals surface area contributed by atoms with Crippen LogP contribution in [0.2, 0.25) is 0 Å². The minimum atomic E-state index is -0.695. The van der Waals surface area contributed by atoms with E-state index in [4.69, 9.17) is 4.74 Å². The summed E-state index contributed by atoms with van der Waals surface area (Å²) in [6, 6.07) is 21.8. The quantitative estimate of drug-likeness (QED) is 0.431. The smallest absolute Gasteiger partial charge is 0.255 e. The van der Waals surface area contributed by atoms with Crippen molar-refractivity contribution in [2.75, 3.05) is 7.05 Å². The number of ether oxygens (including phenoxy) is 1. The standard InChI is InChI=1S/C30H31N3O4/c1-31-29(35)27(9-5-15-34)33-19-26-25(30(33)36)8-4-10-28(26)37-20-22-13-11-21(12-14-22)16-32-17-23-6-2-3-7-24(23)18-32/h2-4,6-8,10-15,27H,5,9,16-20H2,1H3,(H,31,35). The van der Waals surface area contributed by atoms with E-state index in [2.05, 4.69) is 58.7 Å². The first-order valence-electron chi connectivity index (χ1n) is 12.6. The summed E-state index contributed by atoms with van der Waals surface area (Å²) >= 11 is 0. The highest BCUT2D eigenvalue weighted by molar-refractivity contribution is 6.01. The predicted molar refractivity (Wildman–Crippen MR) is 140 cm³/mol. The van der Waals surface area contributed by atoms with Gasteiger partial charge < -0.3 is 19.7 Å². The van der Waals surface area contributed by atoms with Crippen molar-refractivity contribution in [3.05, 3.63) is 100 Å². The zero-order valence-corrected chi connectivity index (χ0v) is 21.0. The number of benzene rings is 3. The highest BCUT2D eigenvalue weighted by atomic mass is 16.5. The minimum absolute atomic E-state index is 0.211. The second kappa shape index (κ2) is 11.0. The molecule has 190 valence electrons. The third-order valence-electron chi connectivity index (χ3n) is 7.17. The molecule has 0 radical (unpaired) electrons. The summed E-state index contributed by atoms with van der Waals surface area (Å²) < 4.78 is 6.15. The van der Waals surface area contributed by atoms with Gasteiger partial charge in [0.05, 0.1) is 6.54 Å². The fraction of sp³-hybridized carbons (Fsp3) is 0.300. The van der Waals surface area contributed by atoms with Gasteiger partial charge in [-0.05, 0) is 40.8 Å². The Labute approximate surface area is 217 Å². The van der Waals surface area contributed by atoms with Crippen LogP contribution in [0.5, 0.6) is 5.75 Å². The molecule has 0 saturated heterocycles. The van der Waals surface area contributed by atoms with Crippen molar-refractivity contribution >= 4 is 18.1 Å². The average Bonchev–Trinajstić information content (AvgIpc) is 3.49. The molecule has 1 unspecified atom stereocenters. The van der Waals surface area contributed by atoms with Gasteiger partial charge in [0.2, 0.25) is 5.91 Å². The lowest BCUT2D eigenvalue weighted by Crippen LogP contribution is -2.46. The molecule has 2 aliphatic heterocycles. The normalized spacial score (nSPS) is 15.3. The molecule has 3 aromatic carbocycles. The van der Waals surface area contributed by atoms with Gasteiger partial charge in [0.25, 0.3) is 5.91 Å². The molecule has 5 rings (SSSR count). The second-order valence-electron chi connectivity index (χ2n) is 9.61. The highest BCUT2D eigenvalue weighted by Gasteiger charge is 2.37. The van der Waals surface area contributed by atoms with Crippen LogP contribution in [0, 0.1) is 0 Å². The second-order valence-corrected chi connectivity index (χ2v) is 9.61. The molecule has 1 atom stereocenters. The molecule has 0 bridgehead atoms. The van der Waals surface area contributed by atoms with Gasteiger partial charge in [-0.15, -0.1) is 0 Å². The van der Waals surface area contributed by atoms with E-state index in [1.165, 1.54) is 28.6 Å². The van der Waals surface area contributed by atoms with Crippen molar-refractivity contribution in [3.63, 3.8) is 0 Å². The van der Waals surface area contributed by atoms with Gasteiger partial charge in [-0.3, -0.25) is 14.5 Å². The van der Waals surface area contributed by atoms with Crippen molar-refractivity contribution in [3.8, 4) is 5.75 Å². The zero-order valence-electron chi connectivity index (χ0n) is 21.0. The van der Waals surface area contributed by atoms with Crippen LogP contribution < -0.4 is 10.1 Å². The van der Waals surface area contributed by atoms with E-state index in [9.17, 15) is 14.4 Å². The van der Waals surface area contributed by atoms with Crippen LogP contribution in [0.3, 0.4) is 0 Å². The number of likely N-dealkylation sites (N-methyl/N-ethyl adjacent to an activating group) is 1. The first-order valence-corrected chi connectivity index (χ1v) is 12.6. The Kier molecular flexibility index (Phi) is 7.32. The summed E-state index contributed by atoms with van der Waals surface area (Å²) in [6.45, 7) is 3.51. The summed E-state index contributed by atoms with van der Waals surface area (Å²) in [4.78, 5) is 40.4. The molecule has 0 aromatic heterocycles. The maximum atomic E-state index is 13.1. The van der Waals surface area contributed by atoms with E-state index >= 15 is 0 Å². The van der Waals surface area contributed by atoms with Gasteiger partial charge in [-0.2, -0.15) is 0 Å². The molecule has 2 heterocycles. The minimum Gasteiger partial charge on any atom is -0.489 e. The van der Waals surface area contributed by atoms with Crippen molar-refractivity contribution in [1.29, 1.82) is 0 Å². The summed E-state index contributed by atoms with van der Waals surface area (Å²) in [7, 11) is 1.54. The van der Waals surface area contributed by atoms with Gasteiger partial charge in [0.1, 0.15) is 24.7 Å². The van der Waals surface area contributed by atoms with Crippen LogP contribution in [-0.4, -0.2) is 41.0 Å². The van der Waals surface area contributed by atoms with Gasteiger partial charge in [-0.1, -0.05) is 54.6 Å². The third kappa shape index (κ3) is 5.27. The Bertz CT molecular complexity index is 1280. The van der Waals surface area contributed by atoms with E-state index in [-0.39, 0.29) is 31.2 Å². The van der Waals surface area contributed by atoms with Crippen LogP contribution >= 0.6 is 0 Å². The number of carbonyl (C=O) groups is 3. The Balaban J connectivity index is 1.22. The van der Waals surface area contributed by atoms with Gasteiger partial charge >= 0.3 is 0 Å². The van der Waals surface area contributed by atoms with Crippen LogP contribution in [-0.2, 0) is 42.4 Å². The maximum Gasteiger partial charge on any atom is 0.255 e. The SMILES string of the molecule is CNC(=O)C(CCC=O)N1Cc2c(OCc3ccc(CN4Cc5ccccc5C4)cc3)cccc2C1=O. The molecule has 37 heavy (non-hydrogen) atoms. The number of nitrogens with zero attached hydrogens (tertiary/aromatic N) is 2. The fourth-order valence-corrected chi connectivity index (χ4v) is 5.21. The molecule has 0 aliphatic carbocycles. The van der Waals surface area contributed by atoms with E-state index in [0.29, 0.717) is 17.9 Å². The summed E-state index contributed by atoms with van der Waals surface area (Å²) in [6.07, 6.45) is 1.27. The Morgan fingerprint density at radius 2 is 1.68 bits per heavy atom. The highest BCUT2D eigenvalue weighted by Crippen LogP contribution is 2.33.